The van der Waals surface area contributed by atoms with E-state index in [1.54, 1.807) is 0 Å². The highest BCUT2D eigenvalue weighted by Gasteiger charge is 2.14. The molecule has 0 aliphatic rings. The molecular formula is C17H24O3. The van der Waals surface area contributed by atoms with Crippen molar-refractivity contribution in [1.29, 1.82) is 0 Å². The van der Waals surface area contributed by atoms with Gasteiger partial charge in [0.15, 0.2) is 0 Å². The SMILES string of the molecule is C=CCCCCCC(O)C(O)CC#CC#CC(O)C=C. The van der Waals surface area contributed by atoms with E-state index in [0.29, 0.717) is 6.42 Å². The van der Waals surface area contributed by atoms with Crippen LogP contribution in [0.25, 0.3) is 0 Å². The molecule has 0 amide bonds. The van der Waals surface area contributed by atoms with Gasteiger partial charge < -0.3 is 15.3 Å². The van der Waals surface area contributed by atoms with Crippen molar-refractivity contribution in [3.05, 3.63) is 25.3 Å². The quantitative estimate of drug-likeness (QED) is 0.342. The van der Waals surface area contributed by atoms with Crippen LogP contribution in [0.5, 0.6) is 0 Å². The average Bonchev–Trinajstić information content (AvgIpc) is 2.45. The molecular weight excluding hydrogens is 252 g/mol. The summed E-state index contributed by atoms with van der Waals surface area (Å²) < 4.78 is 0. The van der Waals surface area contributed by atoms with Gasteiger partial charge in [-0.15, -0.1) is 6.58 Å². The number of aliphatic hydroxyl groups excluding tert-OH is 3. The molecule has 3 nitrogen and oxygen atoms in total. The van der Waals surface area contributed by atoms with Crippen molar-refractivity contribution in [1.82, 2.24) is 0 Å². The molecule has 20 heavy (non-hydrogen) atoms. The van der Waals surface area contributed by atoms with E-state index in [0.717, 1.165) is 25.7 Å². The summed E-state index contributed by atoms with van der Waals surface area (Å²) in [6.07, 6.45) is 5.39. The van der Waals surface area contributed by atoms with E-state index in [-0.39, 0.29) is 6.42 Å². The Morgan fingerprint density at radius 2 is 1.70 bits per heavy atom. The second-order valence-corrected chi connectivity index (χ2v) is 4.52. The standard InChI is InChI=1S/C17H24O3/c1-3-5-6-7-10-13-16(19)17(20)14-11-8-9-12-15(18)4-2/h3-4,15-20H,1-2,5-7,10,13-14H2. The van der Waals surface area contributed by atoms with Crippen LogP contribution in [-0.4, -0.2) is 33.6 Å². The van der Waals surface area contributed by atoms with Crippen molar-refractivity contribution in [3.8, 4) is 23.7 Å². The Hall–Kier alpha value is -1.52. The molecule has 0 aromatic rings. The van der Waals surface area contributed by atoms with Crippen LogP contribution in [0.15, 0.2) is 25.3 Å². The van der Waals surface area contributed by atoms with Crippen LogP contribution < -0.4 is 0 Å². The molecule has 0 heterocycles. The molecule has 0 saturated carbocycles. The molecule has 0 saturated heterocycles. The second kappa shape index (κ2) is 12.5. The number of allylic oxidation sites excluding steroid dienone is 1. The van der Waals surface area contributed by atoms with Gasteiger partial charge in [-0.05, 0) is 31.1 Å². The molecule has 0 aliphatic heterocycles. The highest BCUT2D eigenvalue weighted by Crippen LogP contribution is 2.10. The van der Waals surface area contributed by atoms with E-state index in [1.807, 2.05) is 6.08 Å². The molecule has 3 atom stereocenters. The Morgan fingerprint density at radius 1 is 0.950 bits per heavy atom. The van der Waals surface area contributed by atoms with E-state index in [9.17, 15) is 10.2 Å². The first-order chi connectivity index (χ1) is 9.61. The lowest BCUT2D eigenvalue weighted by Gasteiger charge is -2.15. The van der Waals surface area contributed by atoms with Crippen molar-refractivity contribution in [2.75, 3.05) is 0 Å². The van der Waals surface area contributed by atoms with Crippen LogP contribution in [0.3, 0.4) is 0 Å². The molecule has 0 radical (unpaired) electrons. The maximum Gasteiger partial charge on any atom is 0.134 e. The molecule has 0 fully saturated rings. The van der Waals surface area contributed by atoms with Gasteiger partial charge in [-0.3, -0.25) is 0 Å². The fourth-order valence-corrected chi connectivity index (χ4v) is 1.52. The first-order valence-electron chi connectivity index (χ1n) is 6.87. The van der Waals surface area contributed by atoms with Gasteiger partial charge in [0.25, 0.3) is 0 Å². The van der Waals surface area contributed by atoms with Crippen LogP contribution in [0, 0.1) is 23.7 Å². The number of hydrogen-bond acceptors (Lipinski definition) is 3. The number of aliphatic hydroxyl groups is 3. The minimum atomic E-state index is -0.879. The van der Waals surface area contributed by atoms with E-state index >= 15 is 0 Å². The van der Waals surface area contributed by atoms with E-state index in [4.69, 9.17) is 5.11 Å². The predicted molar refractivity (Wildman–Crippen MR) is 81.7 cm³/mol. The summed E-state index contributed by atoms with van der Waals surface area (Å²) in [5.41, 5.74) is 0. The third-order valence-corrected chi connectivity index (χ3v) is 2.76. The summed E-state index contributed by atoms with van der Waals surface area (Å²) in [5.74, 6) is 10.1. The summed E-state index contributed by atoms with van der Waals surface area (Å²) in [4.78, 5) is 0. The van der Waals surface area contributed by atoms with E-state index < -0.39 is 18.3 Å². The van der Waals surface area contributed by atoms with Crippen molar-refractivity contribution in [2.24, 2.45) is 0 Å². The maximum atomic E-state index is 9.73. The lowest BCUT2D eigenvalue weighted by atomic mass is 10.0. The molecule has 0 aliphatic carbocycles. The van der Waals surface area contributed by atoms with Gasteiger partial charge in [0.2, 0.25) is 0 Å². The average molecular weight is 276 g/mol. The Morgan fingerprint density at radius 3 is 2.35 bits per heavy atom. The highest BCUT2D eigenvalue weighted by molar-refractivity contribution is 5.28. The lowest BCUT2D eigenvalue weighted by Crippen LogP contribution is -2.25. The topological polar surface area (TPSA) is 60.7 Å². The monoisotopic (exact) mass is 276 g/mol. The number of unbranched alkanes of at least 4 members (excludes halogenated alkanes) is 3. The number of rotatable bonds is 9. The van der Waals surface area contributed by atoms with Crippen LogP contribution in [0.4, 0.5) is 0 Å². The van der Waals surface area contributed by atoms with Crippen LogP contribution >= 0.6 is 0 Å². The van der Waals surface area contributed by atoms with Crippen LogP contribution in [0.2, 0.25) is 0 Å². The summed E-state index contributed by atoms with van der Waals surface area (Å²) >= 11 is 0. The smallest absolute Gasteiger partial charge is 0.134 e. The molecule has 0 aromatic heterocycles. The van der Waals surface area contributed by atoms with Gasteiger partial charge in [0.05, 0.1) is 12.2 Å². The zero-order valence-electron chi connectivity index (χ0n) is 11.9. The van der Waals surface area contributed by atoms with E-state index in [2.05, 4.69) is 36.8 Å². The van der Waals surface area contributed by atoms with Gasteiger partial charge >= 0.3 is 0 Å². The van der Waals surface area contributed by atoms with Crippen molar-refractivity contribution in [3.63, 3.8) is 0 Å². The molecule has 0 bridgehead atoms. The fraction of sp³-hybridized carbons (Fsp3) is 0.529. The summed E-state index contributed by atoms with van der Waals surface area (Å²) in [6.45, 7) is 7.03. The third-order valence-electron chi connectivity index (χ3n) is 2.76. The first-order valence-corrected chi connectivity index (χ1v) is 6.87. The Kier molecular flexibility index (Phi) is 11.6. The predicted octanol–water partition coefficient (Wildman–Crippen LogP) is 1.79. The zero-order valence-corrected chi connectivity index (χ0v) is 11.9. The minimum Gasteiger partial charge on any atom is -0.390 e. The zero-order chi connectivity index (χ0) is 15.2. The summed E-state index contributed by atoms with van der Waals surface area (Å²) in [7, 11) is 0. The van der Waals surface area contributed by atoms with Crippen molar-refractivity contribution < 1.29 is 15.3 Å². The molecule has 0 rings (SSSR count). The second-order valence-electron chi connectivity index (χ2n) is 4.52. The largest absolute Gasteiger partial charge is 0.390 e. The minimum absolute atomic E-state index is 0.173. The van der Waals surface area contributed by atoms with Gasteiger partial charge in [0, 0.05) is 6.42 Å². The van der Waals surface area contributed by atoms with Gasteiger partial charge in [-0.25, -0.2) is 0 Å². The van der Waals surface area contributed by atoms with Crippen LogP contribution in [-0.2, 0) is 0 Å². The molecule has 3 N–H and O–H groups in total. The Balaban J connectivity index is 3.86. The Bertz CT molecular complexity index is 392. The molecule has 110 valence electrons. The van der Waals surface area contributed by atoms with E-state index in [1.165, 1.54) is 6.08 Å². The Labute approximate surface area is 122 Å². The normalized spacial score (nSPS) is 13.9. The maximum absolute atomic E-state index is 9.73. The van der Waals surface area contributed by atoms with Gasteiger partial charge in [-0.1, -0.05) is 43.4 Å². The highest BCUT2D eigenvalue weighted by atomic mass is 16.3. The molecule has 3 unspecified atom stereocenters. The third kappa shape index (κ3) is 10.4. The van der Waals surface area contributed by atoms with Crippen molar-refractivity contribution in [2.45, 2.75) is 56.8 Å². The van der Waals surface area contributed by atoms with Crippen LogP contribution in [0.1, 0.15) is 38.5 Å². The lowest BCUT2D eigenvalue weighted by molar-refractivity contribution is 0.0165. The molecule has 3 heteroatoms. The summed E-state index contributed by atoms with van der Waals surface area (Å²) in [6, 6.07) is 0. The first kappa shape index (κ1) is 18.5. The van der Waals surface area contributed by atoms with Gasteiger partial charge in [-0.2, -0.15) is 0 Å². The molecule has 0 aromatic carbocycles. The molecule has 0 spiro atoms. The van der Waals surface area contributed by atoms with Gasteiger partial charge in [0.1, 0.15) is 6.10 Å². The fourth-order valence-electron chi connectivity index (χ4n) is 1.52. The summed E-state index contributed by atoms with van der Waals surface area (Å²) in [5, 5.41) is 28.5. The number of hydrogen-bond donors (Lipinski definition) is 3. The van der Waals surface area contributed by atoms with Crippen molar-refractivity contribution >= 4 is 0 Å².